The zero-order valence-corrected chi connectivity index (χ0v) is 24.4. The Bertz CT molecular complexity index is 1500. The Morgan fingerprint density at radius 1 is 0.925 bits per heavy atom. The van der Waals surface area contributed by atoms with E-state index < -0.39 is 0 Å². The zero-order chi connectivity index (χ0) is 28.8. The molecule has 10 nitrogen and oxygen atoms in total. The quantitative estimate of drug-likeness (QED) is 0.264. The number of rotatable bonds is 12. The Kier molecular flexibility index (Phi) is 9.21. The number of benzene rings is 2. The van der Waals surface area contributed by atoms with Crippen molar-refractivity contribution in [2.24, 2.45) is 0 Å². The molecule has 0 radical (unpaired) electrons. The smallest absolute Gasteiger partial charge is 0.260 e. The fourth-order valence-electron chi connectivity index (χ4n) is 4.87. The van der Waals surface area contributed by atoms with Crippen molar-refractivity contribution in [1.82, 2.24) is 24.6 Å². The van der Waals surface area contributed by atoms with Gasteiger partial charge in [0.1, 0.15) is 29.4 Å². The summed E-state index contributed by atoms with van der Waals surface area (Å²) in [5, 5.41) is 11.9. The Hall–Kier alpha value is -4.18. The highest BCUT2D eigenvalue weighted by Crippen LogP contribution is 2.38. The number of methoxy groups -OCH3 is 2. The fraction of sp³-hybridized carbons (Fsp3) is 0.400. The van der Waals surface area contributed by atoms with Crippen LogP contribution >= 0.6 is 0 Å². The molecule has 2 heterocycles. The maximum atomic E-state index is 13.7. The number of hydrogen-bond donors (Lipinski definition) is 1. The van der Waals surface area contributed by atoms with Crippen molar-refractivity contribution in [2.75, 3.05) is 45.8 Å². The molecule has 0 atom stereocenters. The van der Waals surface area contributed by atoms with Gasteiger partial charge in [-0.15, -0.1) is 10.2 Å². The van der Waals surface area contributed by atoms with E-state index >= 15 is 0 Å². The lowest BCUT2D eigenvalue weighted by molar-refractivity contribution is 0.223. The maximum Gasteiger partial charge on any atom is 0.260 e. The highest BCUT2D eigenvalue weighted by atomic mass is 16.5. The molecule has 0 saturated heterocycles. The van der Waals surface area contributed by atoms with Crippen molar-refractivity contribution in [3.63, 3.8) is 0 Å². The number of pyridine rings is 1. The highest BCUT2D eigenvalue weighted by Gasteiger charge is 2.21. The topological polar surface area (TPSA) is 104 Å². The van der Waals surface area contributed by atoms with Gasteiger partial charge in [0.05, 0.1) is 19.8 Å². The summed E-state index contributed by atoms with van der Waals surface area (Å²) in [6, 6.07) is 11.2. The van der Waals surface area contributed by atoms with Crippen LogP contribution in [0.1, 0.15) is 31.9 Å². The van der Waals surface area contributed by atoms with Crippen LogP contribution in [0.3, 0.4) is 0 Å². The first-order valence-electron chi connectivity index (χ1n) is 13.6. The molecule has 2 aromatic carbocycles. The van der Waals surface area contributed by atoms with E-state index in [1.54, 1.807) is 24.9 Å². The van der Waals surface area contributed by atoms with Crippen LogP contribution in [-0.4, -0.2) is 65.1 Å². The second-order valence-corrected chi connectivity index (χ2v) is 9.38. The van der Waals surface area contributed by atoms with Gasteiger partial charge in [0, 0.05) is 30.4 Å². The van der Waals surface area contributed by atoms with E-state index in [0.717, 1.165) is 47.8 Å². The minimum Gasteiger partial charge on any atom is -0.496 e. The summed E-state index contributed by atoms with van der Waals surface area (Å²) in [4.78, 5) is 20.7. The van der Waals surface area contributed by atoms with Crippen LogP contribution in [0.5, 0.6) is 17.2 Å². The van der Waals surface area contributed by atoms with Crippen molar-refractivity contribution in [1.29, 1.82) is 0 Å². The standard InChI is InChI=1S/C30H38N6O4/c1-8-35(9-2)15-16-40-22-13-11-21(12-14-22)31-30-32-28-24(33-34-30)17-23(29(37)36(28)10-3)27-19(4)25(38-6)18-26(39-7)20(27)5/h11-14,17-18H,8-10,15-16H2,1-7H3,(H,31,32,34). The van der Waals surface area contributed by atoms with E-state index in [0.29, 0.717) is 47.3 Å². The van der Waals surface area contributed by atoms with Crippen molar-refractivity contribution < 1.29 is 14.2 Å². The summed E-state index contributed by atoms with van der Waals surface area (Å²) in [5.41, 5.74) is 4.53. The van der Waals surface area contributed by atoms with Crippen molar-refractivity contribution in [2.45, 2.75) is 41.2 Å². The summed E-state index contributed by atoms with van der Waals surface area (Å²) < 4.78 is 18.6. The van der Waals surface area contributed by atoms with Gasteiger partial charge in [-0.3, -0.25) is 9.36 Å². The molecule has 0 aliphatic rings. The molecule has 1 N–H and O–H groups in total. The summed E-state index contributed by atoms with van der Waals surface area (Å²) >= 11 is 0. The van der Waals surface area contributed by atoms with E-state index in [9.17, 15) is 4.79 Å². The molecule has 0 amide bonds. The molecular formula is C30H38N6O4. The van der Waals surface area contributed by atoms with Gasteiger partial charge in [0.15, 0.2) is 5.65 Å². The minimum absolute atomic E-state index is 0.172. The summed E-state index contributed by atoms with van der Waals surface area (Å²) in [5.74, 6) is 2.38. The van der Waals surface area contributed by atoms with Gasteiger partial charge in [0.2, 0.25) is 5.95 Å². The lowest BCUT2D eigenvalue weighted by atomic mass is 9.94. The normalized spacial score (nSPS) is 11.2. The van der Waals surface area contributed by atoms with E-state index in [1.165, 1.54) is 0 Å². The number of likely N-dealkylation sites (N-methyl/N-ethyl adjacent to an activating group) is 1. The molecule has 4 aromatic rings. The van der Waals surface area contributed by atoms with Crippen LogP contribution in [0.25, 0.3) is 22.3 Å². The van der Waals surface area contributed by atoms with Gasteiger partial charge in [-0.05, 0) is 75.3 Å². The third-order valence-corrected chi connectivity index (χ3v) is 7.16. The van der Waals surface area contributed by atoms with Gasteiger partial charge in [-0.2, -0.15) is 4.98 Å². The molecule has 0 spiro atoms. The zero-order valence-electron chi connectivity index (χ0n) is 24.4. The van der Waals surface area contributed by atoms with Gasteiger partial charge >= 0.3 is 0 Å². The second kappa shape index (κ2) is 12.8. The molecule has 4 rings (SSSR count). The van der Waals surface area contributed by atoms with E-state index in [4.69, 9.17) is 14.2 Å². The third-order valence-electron chi connectivity index (χ3n) is 7.16. The Balaban J connectivity index is 1.64. The molecule has 0 unspecified atom stereocenters. The SMILES string of the molecule is CCN(CC)CCOc1ccc(Nc2nnc3cc(-c4c(C)c(OC)cc(OC)c4C)c(=O)n(CC)c3n2)cc1. The predicted molar refractivity (Wildman–Crippen MR) is 158 cm³/mol. The lowest BCUT2D eigenvalue weighted by Gasteiger charge is -2.18. The first-order valence-corrected chi connectivity index (χ1v) is 13.6. The van der Waals surface area contributed by atoms with Crippen LogP contribution in [0, 0.1) is 13.8 Å². The van der Waals surface area contributed by atoms with Crippen LogP contribution in [0.15, 0.2) is 41.2 Å². The number of nitrogens with one attached hydrogen (secondary N) is 1. The van der Waals surface area contributed by atoms with Crippen LogP contribution < -0.4 is 25.1 Å². The molecule has 212 valence electrons. The summed E-state index contributed by atoms with van der Waals surface area (Å²) in [7, 11) is 3.20. The average Bonchev–Trinajstić information content (AvgIpc) is 2.97. The van der Waals surface area contributed by atoms with Crippen molar-refractivity contribution >= 4 is 22.8 Å². The van der Waals surface area contributed by atoms with Crippen LogP contribution in [0.4, 0.5) is 11.6 Å². The van der Waals surface area contributed by atoms with Gasteiger partial charge in [-0.25, -0.2) is 0 Å². The van der Waals surface area contributed by atoms with Crippen LogP contribution in [0.2, 0.25) is 0 Å². The van der Waals surface area contributed by atoms with Gasteiger partial charge < -0.3 is 24.4 Å². The monoisotopic (exact) mass is 546 g/mol. The molecule has 0 aliphatic carbocycles. The highest BCUT2D eigenvalue weighted by molar-refractivity contribution is 5.83. The molecule has 2 aromatic heterocycles. The third kappa shape index (κ3) is 5.86. The first kappa shape index (κ1) is 28.8. The number of hydrogen-bond acceptors (Lipinski definition) is 9. The number of fused-ring (bicyclic) bond motifs is 1. The molecular weight excluding hydrogens is 508 g/mol. The Morgan fingerprint density at radius 2 is 1.57 bits per heavy atom. The van der Waals surface area contributed by atoms with Crippen molar-refractivity contribution in [3.05, 3.63) is 57.9 Å². The molecule has 0 aliphatic heterocycles. The largest absolute Gasteiger partial charge is 0.496 e. The minimum atomic E-state index is -0.172. The summed E-state index contributed by atoms with van der Waals surface area (Å²) in [6.07, 6.45) is 0. The number of aromatic nitrogens is 4. The van der Waals surface area contributed by atoms with E-state index in [-0.39, 0.29) is 5.56 Å². The van der Waals surface area contributed by atoms with Crippen molar-refractivity contribution in [3.8, 4) is 28.4 Å². The fourth-order valence-corrected chi connectivity index (χ4v) is 4.87. The Labute approximate surface area is 234 Å². The summed E-state index contributed by atoms with van der Waals surface area (Å²) in [6.45, 7) is 14.0. The second-order valence-electron chi connectivity index (χ2n) is 9.38. The lowest BCUT2D eigenvalue weighted by Crippen LogP contribution is -2.27. The molecule has 10 heteroatoms. The molecule has 0 bridgehead atoms. The average molecular weight is 547 g/mol. The molecule has 0 fully saturated rings. The number of aryl methyl sites for hydroxylation is 1. The number of ether oxygens (including phenoxy) is 3. The number of nitrogens with zero attached hydrogens (tertiary/aromatic N) is 5. The van der Waals surface area contributed by atoms with E-state index in [1.807, 2.05) is 51.1 Å². The predicted octanol–water partition coefficient (Wildman–Crippen LogP) is 4.97. The maximum absolute atomic E-state index is 13.7. The van der Waals surface area contributed by atoms with Gasteiger partial charge in [-0.1, -0.05) is 13.8 Å². The molecule has 0 saturated carbocycles. The Morgan fingerprint density at radius 3 is 2.15 bits per heavy atom. The van der Waals surface area contributed by atoms with Crippen LogP contribution in [-0.2, 0) is 6.54 Å². The molecule has 40 heavy (non-hydrogen) atoms. The van der Waals surface area contributed by atoms with Gasteiger partial charge in [0.25, 0.3) is 5.56 Å². The van der Waals surface area contributed by atoms with E-state index in [2.05, 4.69) is 39.2 Å². The number of anilines is 2. The first-order chi connectivity index (χ1) is 19.3.